The maximum Gasteiger partial charge on any atom is 0.141 e. The minimum absolute atomic E-state index is 0.883. The lowest BCUT2D eigenvalue weighted by Gasteiger charge is -2.10. The van der Waals surface area contributed by atoms with Crippen LogP contribution in [0.4, 0.5) is 0 Å². The fourth-order valence-corrected chi connectivity index (χ4v) is 3.43. The molecule has 0 radical (unpaired) electrons. The van der Waals surface area contributed by atoms with Gasteiger partial charge in [-0.3, -0.25) is 0 Å². The molecule has 3 aromatic carbocycles. The number of hydrogen-bond acceptors (Lipinski definition) is 1. The number of benzene rings is 3. The molecule has 0 spiro atoms. The SMILES string of the molecule is CCn1c(-c2ccccc2)nc2cccc(-c3ccc(Br)cc3)c21. The third kappa shape index (κ3) is 2.55. The molecule has 0 N–H and O–H groups in total. The summed E-state index contributed by atoms with van der Waals surface area (Å²) in [6.07, 6.45) is 0. The third-order valence-electron chi connectivity index (χ3n) is 4.27. The Morgan fingerprint density at radius 1 is 0.833 bits per heavy atom. The van der Waals surface area contributed by atoms with Crippen LogP contribution in [0, 0.1) is 0 Å². The van der Waals surface area contributed by atoms with E-state index < -0.39 is 0 Å². The van der Waals surface area contributed by atoms with Gasteiger partial charge in [-0.15, -0.1) is 0 Å². The molecule has 0 bridgehead atoms. The smallest absolute Gasteiger partial charge is 0.141 e. The maximum atomic E-state index is 4.91. The fourth-order valence-electron chi connectivity index (χ4n) is 3.16. The Morgan fingerprint density at radius 2 is 1.58 bits per heavy atom. The standard InChI is InChI=1S/C21H17BrN2/c1-2-24-20-18(15-11-13-17(22)14-12-15)9-6-10-19(20)23-21(24)16-7-4-3-5-8-16/h3-14H,2H2,1H3. The topological polar surface area (TPSA) is 17.8 Å². The molecule has 4 rings (SSSR count). The molecule has 4 aromatic rings. The van der Waals surface area contributed by atoms with Gasteiger partial charge in [-0.05, 0) is 30.7 Å². The van der Waals surface area contributed by atoms with Crippen LogP contribution in [-0.4, -0.2) is 9.55 Å². The number of para-hydroxylation sites is 1. The maximum absolute atomic E-state index is 4.91. The quantitative estimate of drug-likeness (QED) is 0.419. The first kappa shape index (κ1) is 15.2. The molecule has 0 amide bonds. The average molecular weight is 377 g/mol. The summed E-state index contributed by atoms with van der Waals surface area (Å²) in [5, 5.41) is 0. The van der Waals surface area contributed by atoms with Gasteiger partial charge in [0.2, 0.25) is 0 Å². The highest BCUT2D eigenvalue weighted by atomic mass is 79.9. The Labute approximate surface area is 149 Å². The zero-order valence-electron chi connectivity index (χ0n) is 13.4. The molecule has 0 fully saturated rings. The Bertz CT molecular complexity index is 986. The van der Waals surface area contributed by atoms with E-state index in [0.29, 0.717) is 0 Å². The Balaban J connectivity index is 2.00. The van der Waals surface area contributed by atoms with Crippen LogP contribution >= 0.6 is 15.9 Å². The molecular formula is C21H17BrN2. The minimum atomic E-state index is 0.883. The summed E-state index contributed by atoms with van der Waals surface area (Å²) in [5.74, 6) is 1.03. The summed E-state index contributed by atoms with van der Waals surface area (Å²) in [5.41, 5.74) is 5.81. The van der Waals surface area contributed by atoms with Gasteiger partial charge in [-0.2, -0.15) is 0 Å². The van der Waals surface area contributed by atoms with E-state index in [0.717, 1.165) is 27.9 Å². The summed E-state index contributed by atoms with van der Waals surface area (Å²) >= 11 is 3.51. The van der Waals surface area contributed by atoms with Gasteiger partial charge in [-0.25, -0.2) is 4.98 Å². The molecule has 118 valence electrons. The summed E-state index contributed by atoms with van der Waals surface area (Å²) < 4.78 is 3.40. The second-order valence-electron chi connectivity index (χ2n) is 5.73. The number of fused-ring (bicyclic) bond motifs is 1. The number of aryl methyl sites for hydroxylation is 1. The Morgan fingerprint density at radius 3 is 2.29 bits per heavy atom. The van der Waals surface area contributed by atoms with E-state index in [1.807, 2.05) is 6.07 Å². The van der Waals surface area contributed by atoms with Crippen molar-refractivity contribution in [2.45, 2.75) is 13.5 Å². The van der Waals surface area contributed by atoms with Gasteiger partial charge < -0.3 is 4.57 Å². The highest BCUT2D eigenvalue weighted by Gasteiger charge is 2.15. The van der Waals surface area contributed by atoms with Crippen LogP contribution in [0.5, 0.6) is 0 Å². The van der Waals surface area contributed by atoms with Crippen LogP contribution in [0.1, 0.15) is 6.92 Å². The lowest BCUT2D eigenvalue weighted by molar-refractivity contribution is 0.797. The van der Waals surface area contributed by atoms with E-state index in [9.17, 15) is 0 Å². The predicted molar refractivity (Wildman–Crippen MR) is 104 cm³/mol. The monoisotopic (exact) mass is 376 g/mol. The van der Waals surface area contributed by atoms with Crippen molar-refractivity contribution in [1.82, 2.24) is 9.55 Å². The normalized spacial score (nSPS) is 11.1. The van der Waals surface area contributed by atoms with Gasteiger partial charge in [0.05, 0.1) is 11.0 Å². The number of rotatable bonds is 3. The number of hydrogen-bond donors (Lipinski definition) is 0. The first-order valence-electron chi connectivity index (χ1n) is 8.08. The van der Waals surface area contributed by atoms with Crippen molar-refractivity contribution in [2.24, 2.45) is 0 Å². The molecule has 3 heteroatoms. The molecule has 0 saturated heterocycles. The van der Waals surface area contributed by atoms with Crippen LogP contribution in [0.2, 0.25) is 0 Å². The van der Waals surface area contributed by atoms with Crippen LogP contribution in [0.25, 0.3) is 33.5 Å². The molecule has 1 heterocycles. The lowest BCUT2D eigenvalue weighted by atomic mass is 10.0. The first-order valence-corrected chi connectivity index (χ1v) is 8.88. The predicted octanol–water partition coefficient (Wildman–Crippen LogP) is 6.15. The van der Waals surface area contributed by atoms with Crippen molar-refractivity contribution < 1.29 is 0 Å². The van der Waals surface area contributed by atoms with Crippen molar-refractivity contribution in [2.75, 3.05) is 0 Å². The largest absolute Gasteiger partial charge is 0.324 e. The summed E-state index contributed by atoms with van der Waals surface area (Å²) in [6.45, 7) is 3.06. The average Bonchev–Trinajstić information content (AvgIpc) is 3.02. The van der Waals surface area contributed by atoms with E-state index in [-0.39, 0.29) is 0 Å². The van der Waals surface area contributed by atoms with Gasteiger partial charge in [0.25, 0.3) is 0 Å². The van der Waals surface area contributed by atoms with E-state index in [1.54, 1.807) is 0 Å². The molecule has 2 nitrogen and oxygen atoms in total. The number of imidazole rings is 1. The summed E-state index contributed by atoms with van der Waals surface area (Å²) in [4.78, 5) is 4.91. The van der Waals surface area contributed by atoms with Gasteiger partial charge in [0, 0.05) is 22.1 Å². The zero-order chi connectivity index (χ0) is 16.5. The molecule has 0 unspecified atom stereocenters. The van der Waals surface area contributed by atoms with Crippen LogP contribution in [-0.2, 0) is 6.54 Å². The second-order valence-corrected chi connectivity index (χ2v) is 6.64. The third-order valence-corrected chi connectivity index (χ3v) is 4.80. The Hall–Kier alpha value is -2.39. The van der Waals surface area contributed by atoms with E-state index in [1.165, 1.54) is 16.6 Å². The molecule has 24 heavy (non-hydrogen) atoms. The summed E-state index contributed by atoms with van der Waals surface area (Å²) in [7, 11) is 0. The lowest BCUT2D eigenvalue weighted by Crippen LogP contribution is -1.98. The van der Waals surface area contributed by atoms with Crippen LogP contribution in [0.15, 0.2) is 77.3 Å². The minimum Gasteiger partial charge on any atom is -0.324 e. The van der Waals surface area contributed by atoms with Gasteiger partial charge >= 0.3 is 0 Å². The number of nitrogens with zero attached hydrogens (tertiary/aromatic N) is 2. The fraction of sp³-hybridized carbons (Fsp3) is 0.0952. The molecule has 0 atom stereocenters. The van der Waals surface area contributed by atoms with Crippen molar-refractivity contribution in [1.29, 1.82) is 0 Å². The Kier molecular flexibility index (Phi) is 3.95. The molecule has 1 aromatic heterocycles. The molecule has 0 aliphatic rings. The van der Waals surface area contributed by atoms with Gasteiger partial charge in [0.15, 0.2) is 0 Å². The number of halogens is 1. The molecule has 0 aliphatic heterocycles. The zero-order valence-corrected chi connectivity index (χ0v) is 15.0. The molecular weight excluding hydrogens is 360 g/mol. The van der Waals surface area contributed by atoms with Gasteiger partial charge in [0.1, 0.15) is 5.82 Å². The number of aromatic nitrogens is 2. The van der Waals surface area contributed by atoms with Crippen molar-refractivity contribution >= 4 is 27.0 Å². The van der Waals surface area contributed by atoms with E-state index in [2.05, 4.69) is 94.2 Å². The van der Waals surface area contributed by atoms with Gasteiger partial charge in [-0.1, -0.05) is 70.5 Å². The van der Waals surface area contributed by atoms with Crippen molar-refractivity contribution in [3.8, 4) is 22.5 Å². The van der Waals surface area contributed by atoms with E-state index >= 15 is 0 Å². The van der Waals surface area contributed by atoms with E-state index in [4.69, 9.17) is 4.98 Å². The van der Waals surface area contributed by atoms with Crippen LogP contribution < -0.4 is 0 Å². The summed E-state index contributed by atoms with van der Waals surface area (Å²) in [6, 6.07) is 25.2. The van der Waals surface area contributed by atoms with Crippen LogP contribution in [0.3, 0.4) is 0 Å². The first-order chi connectivity index (χ1) is 11.8. The van der Waals surface area contributed by atoms with Crippen molar-refractivity contribution in [3.05, 3.63) is 77.3 Å². The highest BCUT2D eigenvalue weighted by molar-refractivity contribution is 9.10. The molecule has 0 aliphatic carbocycles. The highest BCUT2D eigenvalue weighted by Crippen LogP contribution is 2.33. The second kappa shape index (κ2) is 6.25. The van der Waals surface area contributed by atoms with Crippen molar-refractivity contribution in [3.63, 3.8) is 0 Å². The molecule has 0 saturated carbocycles.